The van der Waals surface area contributed by atoms with Gasteiger partial charge < -0.3 is 34.3 Å². The highest BCUT2D eigenvalue weighted by atomic mass is 32.2. The highest BCUT2D eigenvalue weighted by Crippen LogP contribution is 2.50. The van der Waals surface area contributed by atoms with E-state index in [1.165, 1.54) is 216 Å². The normalized spacial score (nSPS) is 20.4. The first-order valence-corrected chi connectivity index (χ1v) is 29.5. The summed E-state index contributed by atoms with van der Waals surface area (Å²) in [6, 6.07) is 37.8. The summed E-state index contributed by atoms with van der Waals surface area (Å²) in [5.41, 5.74) is 28.2. The molecule has 6 aromatic carbocycles. The van der Waals surface area contributed by atoms with E-state index in [0.717, 1.165) is 45.7 Å². The van der Waals surface area contributed by atoms with Crippen LogP contribution in [0.25, 0.3) is 0 Å². The molecule has 4 saturated heterocycles. The molecule has 0 aromatic heterocycles. The molecule has 72 heavy (non-hydrogen) atoms. The third-order valence-electron chi connectivity index (χ3n) is 19.1. The van der Waals surface area contributed by atoms with Crippen LogP contribution in [-0.4, -0.2) is 78.9 Å². The summed E-state index contributed by atoms with van der Waals surface area (Å²) in [6.45, 7) is 11.8. The Labute approximate surface area is 432 Å². The molecule has 0 aliphatic carbocycles. The van der Waals surface area contributed by atoms with Gasteiger partial charge in [-0.3, -0.25) is 0 Å². The first kappa shape index (κ1) is 42.9. The lowest BCUT2D eigenvalue weighted by Gasteiger charge is -2.48. The van der Waals surface area contributed by atoms with Crippen LogP contribution in [0.3, 0.4) is 0 Å². The van der Waals surface area contributed by atoms with Crippen molar-refractivity contribution in [1.29, 1.82) is 0 Å². The molecule has 0 amide bonds. The SMILES string of the molecule is c1ccc(N2c3cc4c(cc3B3c5ccc(N6CCCCC6)c6c5N(CCC6)c5cc(N6CCCCC6)cc2c53)B2c3ccc(N5CCCCC5)c5c3N(CCC5)c3cc(N5CCCCC5)cc(c32)S4)cc1. The predicted octanol–water partition coefficient (Wildman–Crippen LogP) is 9.72. The maximum atomic E-state index is 2.82. The van der Waals surface area contributed by atoms with Crippen LogP contribution >= 0.6 is 11.8 Å². The average Bonchev–Trinajstić information content (AvgIpc) is 3.45. The van der Waals surface area contributed by atoms with Crippen LogP contribution in [0, 0.1) is 0 Å². The van der Waals surface area contributed by atoms with E-state index in [0.29, 0.717) is 0 Å². The average molecular weight is 964 g/mol. The Balaban J connectivity index is 0.955. The molecule has 0 atom stereocenters. The Hall–Kier alpha value is -5.60. The first-order chi connectivity index (χ1) is 35.7. The molecular formula is C62H67B2N7S. The van der Waals surface area contributed by atoms with Crippen molar-refractivity contribution < 1.29 is 0 Å². The summed E-state index contributed by atoms with van der Waals surface area (Å²) >= 11 is 2.08. The van der Waals surface area contributed by atoms with Gasteiger partial charge in [-0.1, -0.05) is 53.6 Å². The number of hydrogen-bond donors (Lipinski definition) is 0. The quantitative estimate of drug-likeness (QED) is 0.157. The Kier molecular flexibility index (Phi) is 10.1. The molecule has 16 rings (SSSR count). The first-order valence-electron chi connectivity index (χ1n) is 28.7. The van der Waals surface area contributed by atoms with E-state index in [-0.39, 0.29) is 13.4 Å². The molecular weight excluding hydrogens is 896 g/mol. The number of piperidine rings is 4. The molecule has 10 aliphatic heterocycles. The molecule has 10 aliphatic rings. The van der Waals surface area contributed by atoms with Gasteiger partial charge in [-0.05, 0) is 196 Å². The molecule has 0 saturated carbocycles. The third-order valence-corrected chi connectivity index (χ3v) is 20.2. The van der Waals surface area contributed by atoms with Crippen LogP contribution in [0.2, 0.25) is 0 Å². The van der Waals surface area contributed by atoms with Crippen LogP contribution in [0.15, 0.2) is 101 Å². The van der Waals surface area contributed by atoms with Crippen molar-refractivity contribution in [2.75, 3.05) is 99.7 Å². The molecule has 362 valence electrons. The van der Waals surface area contributed by atoms with Crippen molar-refractivity contribution in [3.05, 3.63) is 102 Å². The second kappa shape index (κ2) is 17.0. The Bertz CT molecular complexity index is 3170. The van der Waals surface area contributed by atoms with E-state index >= 15 is 0 Å². The van der Waals surface area contributed by atoms with Gasteiger partial charge in [0.2, 0.25) is 6.71 Å². The number of fused-ring (bicyclic) bond motifs is 8. The summed E-state index contributed by atoms with van der Waals surface area (Å²) in [6.07, 6.45) is 20.4. The number of rotatable bonds is 5. The van der Waals surface area contributed by atoms with Gasteiger partial charge in [-0.25, -0.2) is 0 Å². The highest BCUT2D eigenvalue weighted by molar-refractivity contribution is 8.00. The maximum absolute atomic E-state index is 2.82. The van der Waals surface area contributed by atoms with Crippen molar-refractivity contribution in [1.82, 2.24) is 0 Å². The van der Waals surface area contributed by atoms with Crippen LogP contribution in [0.4, 0.5) is 62.6 Å². The lowest BCUT2D eigenvalue weighted by molar-refractivity contribution is 0.575. The molecule has 6 aromatic rings. The predicted molar refractivity (Wildman–Crippen MR) is 309 cm³/mol. The molecule has 0 bridgehead atoms. The van der Waals surface area contributed by atoms with Crippen LogP contribution in [0.1, 0.15) is 101 Å². The number of nitrogens with zero attached hydrogens (tertiary/aromatic N) is 7. The van der Waals surface area contributed by atoms with Gasteiger partial charge in [-0.2, -0.15) is 0 Å². The van der Waals surface area contributed by atoms with Gasteiger partial charge in [0.25, 0.3) is 6.71 Å². The Morgan fingerprint density at radius 2 is 0.833 bits per heavy atom. The summed E-state index contributed by atoms with van der Waals surface area (Å²) < 4.78 is 0. The summed E-state index contributed by atoms with van der Waals surface area (Å²) in [5, 5.41) is 0. The fraction of sp³-hybridized carbons (Fsp3) is 0.419. The Morgan fingerprint density at radius 3 is 1.40 bits per heavy atom. The zero-order valence-electron chi connectivity index (χ0n) is 42.2. The van der Waals surface area contributed by atoms with Crippen molar-refractivity contribution in [2.45, 2.75) is 113 Å². The monoisotopic (exact) mass is 964 g/mol. The van der Waals surface area contributed by atoms with E-state index in [1.807, 2.05) is 0 Å². The third kappa shape index (κ3) is 6.45. The molecule has 7 nitrogen and oxygen atoms in total. The Morgan fingerprint density at radius 1 is 0.333 bits per heavy atom. The minimum Gasteiger partial charge on any atom is -0.371 e. The van der Waals surface area contributed by atoms with Gasteiger partial charge in [0.1, 0.15) is 0 Å². The van der Waals surface area contributed by atoms with E-state index in [9.17, 15) is 0 Å². The lowest BCUT2D eigenvalue weighted by atomic mass is 9.30. The standard InChI is InChI=1S/C62H67B2N7S/c1-6-18-42(19-7-1)71-53-41-57-50(64-48-23-25-52(68-32-14-5-15-33-68)46-21-17-35-70(62(46)48)55-37-44(39-58(72-57)60(55)64)66-28-10-3-11-29-66)40-49(53)63-47-22-24-51(67-30-12-4-13-31-67)45-20-16-34-69(61(45)47)54-36-43(38-56(71)59(54)63)65-26-8-2-9-27-65/h1,6-7,18-19,22-25,36-41H,2-5,8-17,20-21,26-35H2. The minimum atomic E-state index is 0.131. The molecule has 0 spiro atoms. The fourth-order valence-electron chi connectivity index (χ4n) is 15.9. The number of benzene rings is 6. The molecule has 0 unspecified atom stereocenters. The summed E-state index contributed by atoms with van der Waals surface area (Å²) in [4.78, 5) is 22.2. The molecule has 0 N–H and O–H groups in total. The zero-order chi connectivity index (χ0) is 47.0. The largest absolute Gasteiger partial charge is 0.371 e. The number of anilines is 11. The van der Waals surface area contributed by atoms with Crippen molar-refractivity contribution >= 4 is 121 Å². The highest BCUT2D eigenvalue weighted by Gasteiger charge is 2.49. The van der Waals surface area contributed by atoms with E-state index in [2.05, 4.69) is 137 Å². The lowest BCUT2D eigenvalue weighted by Crippen LogP contribution is -2.65. The number of para-hydroxylation sites is 1. The smallest absolute Gasteiger partial charge is 0.252 e. The second-order valence-electron chi connectivity index (χ2n) is 23.1. The van der Waals surface area contributed by atoms with Gasteiger partial charge in [-0.15, -0.1) is 0 Å². The van der Waals surface area contributed by atoms with E-state index in [1.54, 1.807) is 22.3 Å². The van der Waals surface area contributed by atoms with Crippen molar-refractivity contribution in [3.8, 4) is 0 Å². The molecule has 10 heteroatoms. The molecule has 4 fully saturated rings. The fourth-order valence-corrected chi connectivity index (χ4v) is 17.1. The van der Waals surface area contributed by atoms with Crippen molar-refractivity contribution in [2.24, 2.45) is 0 Å². The summed E-state index contributed by atoms with van der Waals surface area (Å²) in [7, 11) is 0. The minimum absolute atomic E-state index is 0.131. The van der Waals surface area contributed by atoms with Gasteiger partial charge in [0.15, 0.2) is 0 Å². The topological polar surface area (TPSA) is 22.7 Å². The van der Waals surface area contributed by atoms with Crippen LogP contribution in [0.5, 0.6) is 0 Å². The maximum Gasteiger partial charge on any atom is 0.252 e. The van der Waals surface area contributed by atoms with Crippen molar-refractivity contribution in [3.63, 3.8) is 0 Å². The van der Waals surface area contributed by atoms with Gasteiger partial charge in [0, 0.05) is 138 Å². The summed E-state index contributed by atoms with van der Waals surface area (Å²) in [5.74, 6) is 0. The van der Waals surface area contributed by atoms with Crippen LogP contribution in [-0.2, 0) is 12.8 Å². The van der Waals surface area contributed by atoms with Gasteiger partial charge >= 0.3 is 0 Å². The van der Waals surface area contributed by atoms with E-state index in [4.69, 9.17) is 0 Å². The number of hydrogen-bond acceptors (Lipinski definition) is 8. The van der Waals surface area contributed by atoms with Gasteiger partial charge in [0.05, 0.1) is 0 Å². The molecule has 10 heterocycles. The molecule has 0 radical (unpaired) electrons. The van der Waals surface area contributed by atoms with Crippen LogP contribution < -0.4 is 67.1 Å². The van der Waals surface area contributed by atoms with E-state index < -0.39 is 0 Å². The second-order valence-corrected chi connectivity index (χ2v) is 24.1. The zero-order valence-corrected chi connectivity index (χ0v) is 43.1.